The Bertz CT molecular complexity index is 368. The van der Waals surface area contributed by atoms with Crippen molar-refractivity contribution in [2.45, 2.75) is 39.7 Å². The quantitative estimate of drug-likeness (QED) is 0.847. The minimum absolute atomic E-state index is 0.180. The van der Waals surface area contributed by atoms with E-state index in [0.717, 1.165) is 18.4 Å². The molecule has 0 aliphatic rings. The van der Waals surface area contributed by atoms with Crippen LogP contribution in [0.4, 0.5) is 0 Å². The van der Waals surface area contributed by atoms with Crippen LogP contribution >= 0.6 is 23.2 Å². The zero-order chi connectivity index (χ0) is 13.7. The molecular weight excluding hydrogens is 269 g/mol. The monoisotopic (exact) mass is 289 g/mol. The van der Waals surface area contributed by atoms with Gasteiger partial charge < -0.3 is 10.5 Å². The average Bonchev–Trinajstić information content (AvgIpc) is 2.24. The van der Waals surface area contributed by atoms with Crippen LogP contribution in [0.2, 0.25) is 10.0 Å². The number of aryl methyl sites for hydroxylation is 1. The van der Waals surface area contributed by atoms with Crippen LogP contribution in [0.3, 0.4) is 0 Å². The van der Waals surface area contributed by atoms with Gasteiger partial charge in [-0.3, -0.25) is 0 Å². The molecule has 0 aliphatic carbocycles. The lowest BCUT2D eigenvalue weighted by molar-refractivity contribution is 0.271. The van der Waals surface area contributed by atoms with Crippen LogP contribution in [-0.2, 0) is 6.42 Å². The van der Waals surface area contributed by atoms with Gasteiger partial charge in [-0.15, -0.1) is 0 Å². The molecule has 1 aromatic rings. The van der Waals surface area contributed by atoms with Gasteiger partial charge in [0.15, 0.2) is 5.75 Å². The maximum Gasteiger partial charge on any atom is 0.156 e. The van der Waals surface area contributed by atoms with Gasteiger partial charge in [-0.05, 0) is 43.4 Å². The molecule has 0 saturated carbocycles. The van der Waals surface area contributed by atoms with Crippen LogP contribution in [0.5, 0.6) is 5.75 Å². The molecule has 2 N–H and O–H groups in total. The molecule has 1 aromatic carbocycles. The van der Waals surface area contributed by atoms with E-state index >= 15 is 0 Å². The van der Waals surface area contributed by atoms with E-state index in [1.54, 1.807) is 0 Å². The molecule has 18 heavy (non-hydrogen) atoms. The molecular formula is C14H21Cl2NO. The van der Waals surface area contributed by atoms with Gasteiger partial charge in [-0.25, -0.2) is 0 Å². The summed E-state index contributed by atoms with van der Waals surface area (Å²) in [6.07, 6.45) is 1.79. The van der Waals surface area contributed by atoms with Crippen LogP contribution in [0, 0.1) is 5.92 Å². The van der Waals surface area contributed by atoms with Crippen molar-refractivity contribution in [3.63, 3.8) is 0 Å². The van der Waals surface area contributed by atoms with Gasteiger partial charge in [0, 0.05) is 6.04 Å². The van der Waals surface area contributed by atoms with E-state index in [-0.39, 0.29) is 6.04 Å². The predicted octanol–water partition coefficient (Wildman–Crippen LogP) is 4.31. The van der Waals surface area contributed by atoms with Crippen molar-refractivity contribution < 1.29 is 4.74 Å². The number of benzene rings is 1. The molecule has 0 bridgehead atoms. The average molecular weight is 290 g/mol. The molecule has 0 saturated heterocycles. The molecule has 0 heterocycles. The van der Waals surface area contributed by atoms with Crippen molar-refractivity contribution >= 4 is 23.2 Å². The third-order valence-corrected chi connectivity index (χ3v) is 3.07. The molecule has 2 nitrogen and oxygen atoms in total. The van der Waals surface area contributed by atoms with Gasteiger partial charge in [-0.2, -0.15) is 0 Å². The van der Waals surface area contributed by atoms with Gasteiger partial charge in [0.25, 0.3) is 0 Å². The zero-order valence-electron chi connectivity index (χ0n) is 11.2. The highest BCUT2D eigenvalue weighted by molar-refractivity contribution is 6.37. The largest absolute Gasteiger partial charge is 0.490 e. The lowest BCUT2D eigenvalue weighted by Gasteiger charge is -2.13. The molecule has 4 heteroatoms. The molecule has 1 rings (SSSR count). The summed E-state index contributed by atoms with van der Waals surface area (Å²) >= 11 is 12.4. The third kappa shape index (κ3) is 5.05. The fourth-order valence-electron chi connectivity index (χ4n) is 1.54. The first-order valence-corrected chi connectivity index (χ1v) is 7.02. The standard InChI is InChI=1S/C14H21Cl2NO/c1-9(2)8-18-14-12(15)6-11(7-13(14)16)5-4-10(3)17/h6-7,9-10H,4-5,8,17H2,1-3H3. The molecule has 0 radical (unpaired) electrons. The number of hydrogen-bond donors (Lipinski definition) is 1. The maximum absolute atomic E-state index is 6.19. The van der Waals surface area contributed by atoms with Gasteiger partial charge in [0.05, 0.1) is 16.7 Å². The fourth-order valence-corrected chi connectivity index (χ4v) is 2.18. The molecule has 0 spiro atoms. The van der Waals surface area contributed by atoms with Crippen LogP contribution in [-0.4, -0.2) is 12.6 Å². The Morgan fingerprint density at radius 2 is 1.72 bits per heavy atom. The highest BCUT2D eigenvalue weighted by Gasteiger charge is 2.11. The maximum atomic E-state index is 6.19. The SMILES string of the molecule is CC(C)COc1c(Cl)cc(CCC(C)N)cc1Cl. The van der Waals surface area contributed by atoms with Gasteiger partial charge >= 0.3 is 0 Å². The van der Waals surface area contributed by atoms with Crippen molar-refractivity contribution in [2.24, 2.45) is 11.7 Å². The smallest absolute Gasteiger partial charge is 0.156 e. The van der Waals surface area contributed by atoms with E-state index in [9.17, 15) is 0 Å². The van der Waals surface area contributed by atoms with Crippen LogP contribution in [0.1, 0.15) is 32.8 Å². The summed E-state index contributed by atoms with van der Waals surface area (Å²) in [4.78, 5) is 0. The van der Waals surface area contributed by atoms with Gasteiger partial charge in [-0.1, -0.05) is 37.0 Å². The summed E-state index contributed by atoms with van der Waals surface area (Å²) in [6.45, 7) is 6.76. The third-order valence-electron chi connectivity index (χ3n) is 2.51. The molecule has 1 atom stereocenters. The Morgan fingerprint density at radius 3 is 2.17 bits per heavy atom. The summed E-state index contributed by atoms with van der Waals surface area (Å²) < 4.78 is 5.62. The summed E-state index contributed by atoms with van der Waals surface area (Å²) in [6, 6.07) is 4.00. The topological polar surface area (TPSA) is 35.2 Å². The number of nitrogens with two attached hydrogens (primary N) is 1. The second-order valence-corrected chi connectivity index (χ2v) is 5.92. The van der Waals surface area contributed by atoms with Crippen molar-refractivity contribution in [2.75, 3.05) is 6.61 Å². The first-order valence-electron chi connectivity index (χ1n) is 6.26. The first-order chi connectivity index (χ1) is 8.40. The van der Waals surface area contributed by atoms with E-state index in [0.29, 0.717) is 28.3 Å². The van der Waals surface area contributed by atoms with E-state index in [2.05, 4.69) is 13.8 Å². The van der Waals surface area contributed by atoms with Crippen molar-refractivity contribution in [3.05, 3.63) is 27.7 Å². The van der Waals surface area contributed by atoms with Gasteiger partial charge in [0.1, 0.15) is 0 Å². The number of hydrogen-bond acceptors (Lipinski definition) is 2. The van der Waals surface area contributed by atoms with Crippen molar-refractivity contribution in [1.82, 2.24) is 0 Å². The number of rotatable bonds is 6. The summed E-state index contributed by atoms with van der Waals surface area (Å²) in [5, 5.41) is 1.14. The van der Waals surface area contributed by atoms with Crippen molar-refractivity contribution in [1.29, 1.82) is 0 Å². The minimum atomic E-state index is 0.180. The lowest BCUT2D eigenvalue weighted by Crippen LogP contribution is -2.15. The van der Waals surface area contributed by atoms with Gasteiger partial charge in [0.2, 0.25) is 0 Å². The molecule has 1 unspecified atom stereocenters. The Morgan fingerprint density at radius 1 is 1.17 bits per heavy atom. The number of ether oxygens (including phenoxy) is 1. The number of halogens is 2. The van der Waals surface area contributed by atoms with E-state index < -0.39 is 0 Å². The fraction of sp³-hybridized carbons (Fsp3) is 0.571. The van der Waals surface area contributed by atoms with Crippen LogP contribution < -0.4 is 10.5 Å². The minimum Gasteiger partial charge on any atom is -0.490 e. The van der Waals surface area contributed by atoms with E-state index in [1.807, 2.05) is 19.1 Å². The zero-order valence-corrected chi connectivity index (χ0v) is 12.7. The summed E-state index contributed by atoms with van der Waals surface area (Å²) in [7, 11) is 0. The van der Waals surface area contributed by atoms with E-state index in [1.165, 1.54) is 0 Å². The summed E-state index contributed by atoms with van der Waals surface area (Å²) in [5.41, 5.74) is 6.83. The Labute approximate surface area is 119 Å². The van der Waals surface area contributed by atoms with Crippen LogP contribution in [0.25, 0.3) is 0 Å². The van der Waals surface area contributed by atoms with Crippen LogP contribution in [0.15, 0.2) is 12.1 Å². The van der Waals surface area contributed by atoms with Crippen molar-refractivity contribution in [3.8, 4) is 5.75 Å². The Balaban J connectivity index is 2.77. The second kappa shape index (κ2) is 7.22. The molecule has 0 amide bonds. The normalized spacial score (nSPS) is 12.8. The first kappa shape index (κ1) is 15.6. The Kier molecular flexibility index (Phi) is 6.27. The highest BCUT2D eigenvalue weighted by atomic mass is 35.5. The molecule has 102 valence electrons. The predicted molar refractivity (Wildman–Crippen MR) is 78.8 cm³/mol. The molecule has 0 fully saturated rings. The lowest BCUT2D eigenvalue weighted by atomic mass is 10.1. The summed E-state index contributed by atoms with van der Waals surface area (Å²) in [5.74, 6) is 1.02. The van der Waals surface area contributed by atoms with E-state index in [4.69, 9.17) is 33.7 Å². The molecule has 0 aliphatic heterocycles. The highest BCUT2D eigenvalue weighted by Crippen LogP contribution is 2.34. The molecule has 0 aromatic heterocycles. The Hall–Kier alpha value is -0.440. The second-order valence-electron chi connectivity index (χ2n) is 5.11.